The SMILES string of the molecule is O=C(NC1CCCS(=O)(=O)C1)C1CCN(c2ccccc2F)C1. The van der Waals surface area contributed by atoms with Crippen molar-refractivity contribution in [1.82, 2.24) is 5.32 Å². The van der Waals surface area contributed by atoms with Crippen molar-refractivity contribution in [3.8, 4) is 0 Å². The molecule has 2 aliphatic heterocycles. The minimum atomic E-state index is -3.04. The van der Waals surface area contributed by atoms with Crippen LogP contribution in [0.2, 0.25) is 0 Å². The third kappa shape index (κ3) is 3.83. The van der Waals surface area contributed by atoms with E-state index < -0.39 is 9.84 Å². The van der Waals surface area contributed by atoms with Crippen LogP contribution < -0.4 is 10.2 Å². The van der Waals surface area contributed by atoms with Gasteiger partial charge in [-0.25, -0.2) is 12.8 Å². The van der Waals surface area contributed by atoms with E-state index in [0.29, 0.717) is 38.0 Å². The van der Waals surface area contributed by atoms with Crippen molar-refractivity contribution in [2.75, 3.05) is 29.5 Å². The second-order valence-corrected chi connectivity index (χ2v) is 8.57. The first-order valence-corrected chi connectivity index (χ1v) is 9.77. The van der Waals surface area contributed by atoms with Crippen LogP contribution >= 0.6 is 0 Å². The molecule has 0 aromatic heterocycles. The summed E-state index contributed by atoms with van der Waals surface area (Å²) in [5, 5.41) is 2.86. The summed E-state index contributed by atoms with van der Waals surface area (Å²) in [6.07, 6.45) is 1.95. The van der Waals surface area contributed by atoms with Crippen LogP contribution in [-0.2, 0) is 14.6 Å². The minimum Gasteiger partial charge on any atom is -0.368 e. The number of amides is 1. The van der Waals surface area contributed by atoms with Gasteiger partial charge in [-0.05, 0) is 31.4 Å². The zero-order chi connectivity index (χ0) is 16.4. The Labute approximate surface area is 135 Å². The topological polar surface area (TPSA) is 66.5 Å². The predicted octanol–water partition coefficient (Wildman–Crippen LogP) is 1.35. The molecule has 2 fully saturated rings. The normalized spacial score (nSPS) is 26.9. The number of nitrogens with one attached hydrogen (secondary N) is 1. The van der Waals surface area contributed by atoms with Gasteiger partial charge in [0.15, 0.2) is 9.84 Å². The number of anilines is 1. The van der Waals surface area contributed by atoms with Crippen LogP contribution in [0.3, 0.4) is 0 Å². The van der Waals surface area contributed by atoms with Crippen molar-refractivity contribution in [2.45, 2.75) is 25.3 Å². The van der Waals surface area contributed by atoms with Crippen LogP contribution in [0.1, 0.15) is 19.3 Å². The summed E-state index contributed by atoms with van der Waals surface area (Å²) in [7, 11) is -3.04. The molecular weight excluding hydrogens is 319 g/mol. The molecule has 2 saturated heterocycles. The van der Waals surface area contributed by atoms with E-state index in [1.807, 2.05) is 4.90 Å². The molecule has 2 atom stereocenters. The molecule has 2 aliphatic rings. The number of benzene rings is 1. The monoisotopic (exact) mass is 340 g/mol. The molecule has 0 spiro atoms. The molecule has 2 unspecified atom stereocenters. The van der Waals surface area contributed by atoms with Gasteiger partial charge in [0.25, 0.3) is 0 Å². The zero-order valence-corrected chi connectivity index (χ0v) is 13.7. The number of carbonyl (C=O) groups is 1. The Hall–Kier alpha value is -1.63. The van der Waals surface area contributed by atoms with E-state index in [-0.39, 0.29) is 35.2 Å². The van der Waals surface area contributed by atoms with Gasteiger partial charge in [0.1, 0.15) is 5.82 Å². The van der Waals surface area contributed by atoms with Crippen molar-refractivity contribution >= 4 is 21.4 Å². The Morgan fingerprint density at radius 3 is 2.78 bits per heavy atom. The van der Waals surface area contributed by atoms with Gasteiger partial charge in [0.05, 0.1) is 23.1 Å². The number of halogens is 1. The molecule has 0 radical (unpaired) electrons. The minimum absolute atomic E-state index is 0.0302. The lowest BCUT2D eigenvalue weighted by Gasteiger charge is -2.24. The summed E-state index contributed by atoms with van der Waals surface area (Å²) in [4.78, 5) is 14.2. The van der Waals surface area contributed by atoms with Gasteiger partial charge in [-0.2, -0.15) is 0 Å². The molecule has 1 amide bonds. The Balaban J connectivity index is 1.58. The average Bonchev–Trinajstić information content (AvgIpc) is 2.96. The molecule has 2 heterocycles. The highest BCUT2D eigenvalue weighted by molar-refractivity contribution is 7.91. The molecule has 1 aromatic carbocycles. The summed E-state index contributed by atoms with van der Waals surface area (Å²) >= 11 is 0. The molecule has 0 saturated carbocycles. The lowest BCUT2D eigenvalue weighted by atomic mass is 10.1. The molecular formula is C16H21FN2O3S. The molecule has 7 heteroatoms. The van der Waals surface area contributed by atoms with Gasteiger partial charge in [-0.15, -0.1) is 0 Å². The van der Waals surface area contributed by atoms with Crippen LogP contribution in [0.4, 0.5) is 10.1 Å². The van der Waals surface area contributed by atoms with Gasteiger partial charge < -0.3 is 10.2 Å². The smallest absolute Gasteiger partial charge is 0.225 e. The molecule has 1 N–H and O–H groups in total. The van der Waals surface area contributed by atoms with Crippen molar-refractivity contribution in [2.24, 2.45) is 5.92 Å². The third-order valence-electron chi connectivity index (χ3n) is 4.56. The maximum atomic E-state index is 13.8. The fraction of sp³-hybridized carbons (Fsp3) is 0.562. The van der Waals surface area contributed by atoms with Crippen LogP contribution in [0.25, 0.3) is 0 Å². The van der Waals surface area contributed by atoms with E-state index in [1.165, 1.54) is 6.07 Å². The highest BCUT2D eigenvalue weighted by Crippen LogP contribution is 2.26. The lowest BCUT2D eigenvalue weighted by molar-refractivity contribution is -0.125. The first-order valence-electron chi connectivity index (χ1n) is 7.95. The largest absolute Gasteiger partial charge is 0.368 e. The summed E-state index contributed by atoms with van der Waals surface area (Å²) in [6.45, 7) is 1.09. The summed E-state index contributed by atoms with van der Waals surface area (Å²) in [5.74, 6) is -0.385. The summed E-state index contributed by atoms with van der Waals surface area (Å²) in [5.41, 5.74) is 0.517. The highest BCUT2D eigenvalue weighted by Gasteiger charge is 2.32. The van der Waals surface area contributed by atoms with Gasteiger partial charge in [-0.1, -0.05) is 12.1 Å². The van der Waals surface area contributed by atoms with Crippen molar-refractivity contribution in [3.05, 3.63) is 30.1 Å². The number of hydrogen-bond donors (Lipinski definition) is 1. The fourth-order valence-electron chi connectivity index (χ4n) is 3.36. The quantitative estimate of drug-likeness (QED) is 0.902. The summed E-state index contributed by atoms with van der Waals surface area (Å²) in [6, 6.07) is 6.25. The Bertz CT molecular complexity index is 692. The molecule has 3 rings (SSSR count). The van der Waals surface area contributed by atoms with E-state index in [9.17, 15) is 17.6 Å². The third-order valence-corrected chi connectivity index (χ3v) is 6.38. The fourth-order valence-corrected chi connectivity index (χ4v) is 4.99. The number of carbonyl (C=O) groups excluding carboxylic acids is 1. The highest BCUT2D eigenvalue weighted by atomic mass is 32.2. The van der Waals surface area contributed by atoms with Crippen LogP contribution in [0.15, 0.2) is 24.3 Å². The standard InChI is InChI=1S/C16H21FN2O3S/c17-14-5-1-2-6-15(14)19-8-7-12(10-19)16(20)18-13-4-3-9-23(21,22)11-13/h1-2,5-6,12-13H,3-4,7-11H2,(H,18,20). The lowest BCUT2D eigenvalue weighted by Crippen LogP contribution is -2.45. The molecule has 5 nitrogen and oxygen atoms in total. The molecule has 0 bridgehead atoms. The van der Waals surface area contributed by atoms with Gasteiger partial charge in [-0.3, -0.25) is 4.79 Å². The molecule has 1 aromatic rings. The Kier molecular flexibility index (Phi) is 4.57. The number of sulfone groups is 1. The molecule has 0 aliphatic carbocycles. The number of nitrogens with zero attached hydrogens (tertiary/aromatic N) is 1. The van der Waals surface area contributed by atoms with Gasteiger partial charge >= 0.3 is 0 Å². The first kappa shape index (κ1) is 16.2. The van der Waals surface area contributed by atoms with E-state index in [4.69, 9.17) is 0 Å². The first-order chi connectivity index (χ1) is 10.9. The van der Waals surface area contributed by atoms with Crippen molar-refractivity contribution in [3.63, 3.8) is 0 Å². The maximum absolute atomic E-state index is 13.8. The number of para-hydroxylation sites is 1. The second-order valence-electron chi connectivity index (χ2n) is 6.35. The molecule has 23 heavy (non-hydrogen) atoms. The van der Waals surface area contributed by atoms with E-state index >= 15 is 0 Å². The van der Waals surface area contributed by atoms with Crippen molar-refractivity contribution in [1.29, 1.82) is 0 Å². The van der Waals surface area contributed by atoms with Gasteiger partial charge in [0.2, 0.25) is 5.91 Å². The molecule has 126 valence electrons. The number of rotatable bonds is 3. The Morgan fingerprint density at radius 2 is 2.04 bits per heavy atom. The van der Waals surface area contributed by atoms with Gasteiger partial charge in [0, 0.05) is 19.1 Å². The maximum Gasteiger partial charge on any atom is 0.225 e. The van der Waals surface area contributed by atoms with E-state index in [1.54, 1.807) is 18.2 Å². The average molecular weight is 340 g/mol. The van der Waals surface area contributed by atoms with E-state index in [0.717, 1.165) is 0 Å². The zero-order valence-electron chi connectivity index (χ0n) is 12.9. The predicted molar refractivity (Wildman–Crippen MR) is 86.5 cm³/mol. The number of hydrogen-bond acceptors (Lipinski definition) is 4. The van der Waals surface area contributed by atoms with Crippen molar-refractivity contribution < 1.29 is 17.6 Å². The van der Waals surface area contributed by atoms with Crippen LogP contribution in [0, 0.1) is 11.7 Å². The summed E-state index contributed by atoms with van der Waals surface area (Å²) < 4.78 is 37.1. The van der Waals surface area contributed by atoms with Crippen LogP contribution in [0.5, 0.6) is 0 Å². The van der Waals surface area contributed by atoms with Crippen LogP contribution in [-0.4, -0.2) is 45.0 Å². The second kappa shape index (κ2) is 6.47. The Morgan fingerprint density at radius 1 is 1.26 bits per heavy atom. The van der Waals surface area contributed by atoms with E-state index in [2.05, 4.69) is 5.32 Å².